The number of carbonyl (C=O) groups is 2. The number of hydrogen-bond acceptors (Lipinski definition) is 5. The van der Waals surface area contributed by atoms with E-state index in [2.05, 4.69) is 15.3 Å². The Labute approximate surface area is 192 Å². The van der Waals surface area contributed by atoms with Gasteiger partial charge in [-0.05, 0) is 42.5 Å². The van der Waals surface area contributed by atoms with E-state index in [9.17, 15) is 22.8 Å². The van der Waals surface area contributed by atoms with Gasteiger partial charge in [-0.2, -0.15) is 13.2 Å². The molecule has 0 atom stereocenters. The fourth-order valence-electron chi connectivity index (χ4n) is 3.48. The zero-order valence-corrected chi connectivity index (χ0v) is 18.0. The Balaban J connectivity index is 1.58. The molecule has 1 N–H and O–H groups in total. The molecular weight excluding hydrogens is 449 g/mol. The molecule has 0 saturated heterocycles. The van der Waals surface area contributed by atoms with Crippen molar-refractivity contribution in [2.45, 2.75) is 12.6 Å². The molecule has 0 unspecified atom stereocenters. The van der Waals surface area contributed by atoms with Gasteiger partial charge in [-0.1, -0.05) is 18.2 Å². The number of hydrogen-bond donors (Lipinski definition) is 1. The van der Waals surface area contributed by atoms with E-state index in [4.69, 9.17) is 4.74 Å². The topological polar surface area (TPSA) is 83.9 Å². The third-order valence-electron chi connectivity index (χ3n) is 5.08. The fraction of sp³-hybridized carbons (Fsp3) is 0.167. The molecule has 0 bridgehead atoms. The second kappa shape index (κ2) is 9.34. The molecule has 1 aliphatic rings. The van der Waals surface area contributed by atoms with E-state index in [1.165, 1.54) is 30.3 Å². The quantitative estimate of drug-likeness (QED) is 0.593. The average Bonchev–Trinajstić information content (AvgIpc) is 2.95. The number of methoxy groups -OCH3 is 1. The molecule has 1 aliphatic heterocycles. The van der Waals surface area contributed by atoms with Gasteiger partial charge in [-0.25, -0.2) is 9.98 Å². The van der Waals surface area contributed by atoms with Crippen LogP contribution in [0, 0.1) is 0 Å². The van der Waals surface area contributed by atoms with Gasteiger partial charge < -0.3 is 10.1 Å². The minimum atomic E-state index is -4.54. The highest BCUT2D eigenvalue weighted by Crippen LogP contribution is 2.32. The molecule has 0 fully saturated rings. The van der Waals surface area contributed by atoms with Gasteiger partial charge in [0.05, 0.1) is 24.8 Å². The van der Waals surface area contributed by atoms with Crippen LogP contribution < -0.4 is 15.0 Å². The molecule has 7 nitrogen and oxygen atoms in total. The number of rotatable bonds is 5. The lowest BCUT2D eigenvalue weighted by molar-refractivity contribution is -0.137. The van der Waals surface area contributed by atoms with Gasteiger partial charge in [0.2, 0.25) is 11.8 Å². The summed E-state index contributed by atoms with van der Waals surface area (Å²) in [5.41, 5.74) is 0.617. The zero-order valence-electron chi connectivity index (χ0n) is 18.0. The van der Waals surface area contributed by atoms with Crippen molar-refractivity contribution in [3.05, 3.63) is 78.0 Å². The summed E-state index contributed by atoms with van der Waals surface area (Å²) in [5.74, 6) is -0.322. The standard InChI is InChI=1S/C24H19F3N4O3/c1-34-18-8-2-5-15(11-18)20-13-22(33)31(23-19(30-20)9-4-10-28-23)14-21(32)29-17-7-3-6-16(12-17)24(25,26)27/h2-12H,13-14H2,1H3,(H,29,32). The molecule has 2 aromatic carbocycles. The number of aromatic nitrogens is 1. The molecule has 0 saturated carbocycles. The number of halogens is 3. The second-order valence-corrected chi connectivity index (χ2v) is 7.42. The third kappa shape index (κ3) is 5.06. The molecule has 34 heavy (non-hydrogen) atoms. The van der Waals surface area contributed by atoms with E-state index in [-0.39, 0.29) is 17.9 Å². The third-order valence-corrected chi connectivity index (χ3v) is 5.08. The summed E-state index contributed by atoms with van der Waals surface area (Å²) < 4.78 is 44.2. The van der Waals surface area contributed by atoms with Crippen molar-refractivity contribution in [3.8, 4) is 5.75 Å². The molecule has 3 aromatic rings. The highest BCUT2D eigenvalue weighted by molar-refractivity contribution is 6.18. The Kier molecular flexibility index (Phi) is 6.31. The van der Waals surface area contributed by atoms with Crippen LogP contribution in [-0.2, 0) is 15.8 Å². The summed E-state index contributed by atoms with van der Waals surface area (Å²) in [7, 11) is 1.53. The van der Waals surface area contributed by atoms with Crippen molar-refractivity contribution in [2.24, 2.45) is 4.99 Å². The SMILES string of the molecule is COc1cccc(C2=Nc3cccnc3N(CC(=O)Nc3cccc(C(F)(F)F)c3)C(=O)C2)c1. The van der Waals surface area contributed by atoms with Crippen LogP contribution in [0.4, 0.5) is 30.4 Å². The Morgan fingerprint density at radius 3 is 2.68 bits per heavy atom. The van der Waals surface area contributed by atoms with Crippen LogP contribution in [0.25, 0.3) is 0 Å². The molecule has 0 spiro atoms. The van der Waals surface area contributed by atoms with Crippen molar-refractivity contribution < 1.29 is 27.5 Å². The summed E-state index contributed by atoms with van der Waals surface area (Å²) in [4.78, 5) is 35.8. The molecule has 2 heterocycles. The van der Waals surface area contributed by atoms with Crippen LogP contribution in [0.2, 0.25) is 0 Å². The average molecular weight is 468 g/mol. The Hall–Kier alpha value is -4.21. The van der Waals surface area contributed by atoms with Gasteiger partial charge in [-0.15, -0.1) is 0 Å². The smallest absolute Gasteiger partial charge is 0.416 e. The summed E-state index contributed by atoms with van der Waals surface area (Å²) >= 11 is 0. The Morgan fingerprint density at radius 2 is 1.91 bits per heavy atom. The first-order valence-corrected chi connectivity index (χ1v) is 10.2. The maximum absolute atomic E-state index is 13.1. The lowest BCUT2D eigenvalue weighted by Gasteiger charge is -2.20. The van der Waals surface area contributed by atoms with E-state index < -0.39 is 30.1 Å². The minimum absolute atomic E-state index is 0.0309. The monoisotopic (exact) mass is 468 g/mol. The molecule has 174 valence electrons. The van der Waals surface area contributed by atoms with Crippen molar-refractivity contribution in [3.63, 3.8) is 0 Å². The Bertz CT molecular complexity index is 1270. The highest BCUT2D eigenvalue weighted by Gasteiger charge is 2.31. The number of aliphatic imine (C=N–C) groups is 1. The normalized spacial score (nSPS) is 13.6. The number of anilines is 2. The van der Waals surface area contributed by atoms with Gasteiger partial charge in [0.15, 0.2) is 5.82 Å². The van der Waals surface area contributed by atoms with Crippen molar-refractivity contribution in [1.29, 1.82) is 0 Å². The number of fused-ring (bicyclic) bond motifs is 1. The fourth-order valence-corrected chi connectivity index (χ4v) is 3.48. The maximum Gasteiger partial charge on any atom is 0.416 e. The minimum Gasteiger partial charge on any atom is -0.497 e. The summed E-state index contributed by atoms with van der Waals surface area (Å²) in [6, 6.07) is 14.7. The van der Waals surface area contributed by atoms with E-state index in [1.807, 2.05) is 0 Å². The van der Waals surface area contributed by atoms with Crippen molar-refractivity contribution in [2.75, 3.05) is 23.9 Å². The summed E-state index contributed by atoms with van der Waals surface area (Å²) in [6.45, 7) is -0.444. The van der Waals surface area contributed by atoms with E-state index in [0.29, 0.717) is 22.7 Å². The highest BCUT2D eigenvalue weighted by atomic mass is 19.4. The van der Waals surface area contributed by atoms with Gasteiger partial charge in [-0.3, -0.25) is 14.5 Å². The van der Waals surface area contributed by atoms with Crippen LogP contribution in [0.15, 0.2) is 71.9 Å². The lowest BCUT2D eigenvalue weighted by atomic mass is 10.1. The number of ether oxygens (including phenoxy) is 1. The maximum atomic E-state index is 13.1. The van der Waals surface area contributed by atoms with E-state index >= 15 is 0 Å². The van der Waals surface area contributed by atoms with Crippen LogP contribution in [0.3, 0.4) is 0 Å². The van der Waals surface area contributed by atoms with Crippen LogP contribution in [0.5, 0.6) is 5.75 Å². The number of nitrogens with zero attached hydrogens (tertiary/aromatic N) is 3. The Morgan fingerprint density at radius 1 is 1.12 bits per heavy atom. The number of alkyl halides is 3. The van der Waals surface area contributed by atoms with Crippen LogP contribution >= 0.6 is 0 Å². The number of pyridine rings is 1. The molecule has 2 amide bonds. The zero-order chi connectivity index (χ0) is 24.3. The lowest BCUT2D eigenvalue weighted by Crippen LogP contribution is -2.39. The predicted molar refractivity (Wildman–Crippen MR) is 120 cm³/mol. The van der Waals surface area contributed by atoms with Gasteiger partial charge in [0.25, 0.3) is 0 Å². The molecule has 4 rings (SSSR count). The number of amides is 2. The first-order chi connectivity index (χ1) is 16.2. The molecule has 0 aliphatic carbocycles. The van der Waals surface area contributed by atoms with Gasteiger partial charge in [0, 0.05) is 17.4 Å². The van der Waals surface area contributed by atoms with Crippen LogP contribution in [-0.4, -0.2) is 36.2 Å². The van der Waals surface area contributed by atoms with Crippen LogP contribution in [0.1, 0.15) is 17.5 Å². The predicted octanol–water partition coefficient (Wildman–Crippen LogP) is 4.61. The first-order valence-electron chi connectivity index (χ1n) is 10.2. The molecular formula is C24H19F3N4O3. The summed E-state index contributed by atoms with van der Waals surface area (Å²) in [5, 5.41) is 2.42. The second-order valence-electron chi connectivity index (χ2n) is 7.42. The largest absolute Gasteiger partial charge is 0.497 e. The van der Waals surface area contributed by atoms with Crippen molar-refractivity contribution in [1.82, 2.24) is 4.98 Å². The summed E-state index contributed by atoms with van der Waals surface area (Å²) in [6.07, 6.45) is -3.19. The number of nitrogens with one attached hydrogen (secondary N) is 1. The van der Waals surface area contributed by atoms with E-state index in [1.54, 1.807) is 36.4 Å². The molecule has 10 heteroatoms. The van der Waals surface area contributed by atoms with Crippen molar-refractivity contribution >= 4 is 34.7 Å². The first kappa shape index (κ1) is 23.0. The number of carbonyl (C=O) groups excluding carboxylic acids is 2. The molecule has 0 radical (unpaired) electrons. The van der Waals surface area contributed by atoms with Gasteiger partial charge in [0.1, 0.15) is 18.0 Å². The molecule has 1 aromatic heterocycles. The van der Waals surface area contributed by atoms with Gasteiger partial charge >= 0.3 is 6.18 Å². The van der Waals surface area contributed by atoms with E-state index in [0.717, 1.165) is 12.1 Å². The number of benzene rings is 2.